The van der Waals surface area contributed by atoms with E-state index in [1.807, 2.05) is 18.2 Å². The molecule has 2 aromatic rings. The Morgan fingerprint density at radius 1 is 1.19 bits per heavy atom. The molecule has 1 aromatic carbocycles. The van der Waals surface area contributed by atoms with Crippen LogP contribution in [0.25, 0.3) is 11.0 Å². The summed E-state index contributed by atoms with van der Waals surface area (Å²) in [5, 5.41) is 12.4. The molecule has 1 atom stereocenters. The number of furan rings is 1. The normalized spacial score (nSPS) is 19.0. The Morgan fingerprint density at radius 2 is 1.90 bits per heavy atom. The van der Waals surface area contributed by atoms with Crippen LogP contribution in [0.1, 0.15) is 45.0 Å². The number of hydrogen-bond acceptors (Lipinski definition) is 3. The Kier molecular flexibility index (Phi) is 4.00. The van der Waals surface area contributed by atoms with E-state index in [2.05, 4.69) is 18.7 Å². The van der Waals surface area contributed by atoms with Crippen LogP contribution in [0.5, 0.6) is 0 Å². The zero-order chi connectivity index (χ0) is 15.0. The molecule has 1 aliphatic heterocycles. The minimum Gasteiger partial charge on any atom is -0.458 e. The summed E-state index contributed by atoms with van der Waals surface area (Å²) in [5.74, 6) is 0.614. The molecule has 1 saturated heterocycles. The van der Waals surface area contributed by atoms with Crippen LogP contribution in [0.4, 0.5) is 0 Å². The van der Waals surface area contributed by atoms with Crippen LogP contribution in [-0.2, 0) is 0 Å². The highest BCUT2D eigenvalue weighted by Crippen LogP contribution is 2.36. The van der Waals surface area contributed by atoms with Gasteiger partial charge in [0.25, 0.3) is 0 Å². The first-order valence-electron chi connectivity index (χ1n) is 7.60. The molecule has 0 amide bonds. The third kappa shape index (κ3) is 2.83. The lowest BCUT2D eigenvalue weighted by Gasteiger charge is -2.43. The molecule has 0 aliphatic carbocycles. The van der Waals surface area contributed by atoms with E-state index < -0.39 is 6.10 Å². The van der Waals surface area contributed by atoms with Gasteiger partial charge in [-0.3, -0.25) is 4.90 Å². The number of halogens is 1. The fourth-order valence-corrected chi connectivity index (χ4v) is 3.34. The first-order chi connectivity index (χ1) is 9.98. The highest BCUT2D eigenvalue weighted by Gasteiger charge is 2.37. The van der Waals surface area contributed by atoms with Crippen molar-refractivity contribution in [2.75, 3.05) is 13.1 Å². The Bertz CT molecular complexity index is 629. The summed E-state index contributed by atoms with van der Waals surface area (Å²) in [6.07, 6.45) is 3.03. The van der Waals surface area contributed by atoms with Crippen molar-refractivity contribution in [3.05, 3.63) is 35.0 Å². The largest absolute Gasteiger partial charge is 0.458 e. The number of likely N-dealkylation sites (tertiary alicyclic amines) is 1. The van der Waals surface area contributed by atoms with Crippen molar-refractivity contribution >= 4 is 22.6 Å². The van der Waals surface area contributed by atoms with Crippen LogP contribution in [-0.4, -0.2) is 28.6 Å². The zero-order valence-corrected chi connectivity index (χ0v) is 13.4. The molecule has 21 heavy (non-hydrogen) atoms. The molecule has 4 heteroatoms. The summed E-state index contributed by atoms with van der Waals surface area (Å²) < 4.78 is 5.83. The third-order valence-corrected chi connectivity index (χ3v) is 4.84. The number of aliphatic hydroxyl groups is 1. The molecular weight excluding hydrogens is 286 g/mol. The van der Waals surface area contributed by atoms with Gasteiger partial charge in [-0.2, -0.15) is 0 Å². The number of aliphatic hydroxyl groups excluding tert-OH is 1. The van der Waals surface area contributed by atoms with Crippen LogP contribution >= 0.6 is 11.6 Å². The SMILES string of the molecule is CC(C)(C(O)c1cc2cc(Cl)ccc2o1)N1CCCCC1. The maximum Gasteiger partial charge on any atom is 0.135 e. The average Bonchev–Trinajstić information content (AvgIpc) is 2.90. The predicted octanol–water partition coefficient (Wildman–Crippen LogP) is 4.38. The monoisotopic (exact) mass is 307 g/mol. The lowest BCUT2D eigenvalue weighted by atomic mass is 9.90. The second kappa shape index (κ2) is 5.64. The Labute approximate surface area is 130 Å². The van der Waals surface area contributed by atoms with E-state index in [-0.39, 0.29) is 5.54 Å². The van der Waals surface area contributed by atoms with Crippen molar-refractivity contribution in [1.82, 2.24) is 4.90 Å². The maximum atomic E-state index is 10.8. The lowest BCUT2D eigenvalue weighted by Crippen LogP contribution is -2.50. The number of rotatable bonds is 3. The molecule has 1 N–H and O–H groups in total. The lowest BCUT2D eigenvalue weighted by molar-refractivity contribution is -0.0304. The summed E-state index contributed by atoms with van der Waals surface area (Å²) >= 11 is 6.01. The van der Waals surface area contributed by atoms with Gasteiger partial charge in [-0.15, -0.1) is 0 Å². The standard InChI is InChI=1S/C17H22ClNO2/c1-17(2,19-8-4-3-5-9-19)16(20)15-11-12-10-13(18)6-7-14(12)21-15/h6-7,10-11,16,20H,3-5,8-9H2,1-2H3. The summed E-state index contributed by atoms with van der Waals surface area (Å²) in [6.45, 7) is 6.25. The highest BCUT2D eigenvalue weighted by molar-refractivity contribution is 6.31. The zero-order valence-electron chi connectivity index (χ0n) is 12.6. The number of nitrogens with zero attached hydrogens (tertiary/aromatic N) is 1. The molecule has 1 unspecified atom stereocenters. The first-order valence-corrected chi connectivity index (χ1v) is 7.98. The van der Waals surface area contributed by atoms with Crippen molar-refractivity contribution in [1.29, 1.82) is 0 Å². The summed E-state index contributed by atoms with van der Waals surface area (Å²) in [6, 6.07) is 7.42. The van der Waals surface area contributed by atoms with Crippen molar-refractivity contribution in [3.8, 4) is 0 Å². The predicted molar refractivity (Wildman–Crippen MR) is 85.7 cm³/mol. The van der Waals surface area contributed by atoms with Crippen molar-refractivity contribution in [2.24, 2.45) is 0 Å². The second-order valence-corrected chi connectivity index (χ2v) is 6.87. The fourth-order valence-electron chi connectivity index (χ4n) is 3.16. The van der Waals surface area contributed by atoms with Gasteiger partial charge in [0.15, 0.2) is 0 Å². The average molecular weight is 308 g/mol. The fraction of sp³-hybridized carbons (Fsp3) is 0.529. The minimum atomic E-state index is -0.651. The Balaban J connectivity index is 1.89. The van der Waals surface area contributed by atoms with E-state index in [1.165, 1.54) is 19.3 Å². The van der Waals surface area contributed by atoms with Crippen molar-refractivity contribution in [2.45, 2.75) is 44.8 Å². The second-order valence-electron chi connectivity index (χ2n) is 6.43. The number of hydrogen-bond donors (Lipinski definition) is 1. The van der Waals surface area contributed by atoms with Crippen LogP contribution in [0, 0.1) is 0 Å². The first kappa shape index (κ1) is 14.9. The number of benzene rings is 1. The topological polar surface area (TPSA) is 36.6 Å². The van der Waals surface area contributed by atoms with E-state index in [1.54, 1.807) is 6.07 Å². The highest BCUT2D eigenvalue weighted by atomic mass is 35.5. The molecule has 3 nitrogen and oxygen atoms in total. The van der Waals surface area contributed by atoms with Gasteiger partial charge >= 0.3 is 0 Å². The number of piperidine rings is 1. The van der Waals surface area contributed by atoms with E-state index in [0.29, 0.717) is 10.8 Å². The molecule has 0 spiro atoms. The summed E-state index contributed by atoms with van der Waals surface area (Å²) in [7, 11) is 0. The third-order valence-electron chi connectivity index (χ3n) is 4.61. The van der Waals surface area contributed by atoms with Crippen molar-refractivity contribution in [3.63, 3.8) is 0 Å². The van der Waals surface area contributed by atoms with Gasteiger partial charge in [-0.25, -0.2) is 0 Å². The molecule has 2 heterocycles. The van der Waals surface area contributed by atoms with E-state index >= 15 is 0 Å². The Morgan fingerprint density at radius 3 is 2.62 bits per heavy atom. The van der Waals surface area contributed by atoms with Gasteiger partial charge in [0.1, 0.15) is 17.4 Å². The quantitative estimate of drug-likeness (QED) is 0.914. The smallest absolute Gasteiger partial charge is 0.135 e. The van der Waals surface area contributed by atoms with Gasteiger partial charge in [0, 0.05) is 15.9 Å². The molecule has 0 saturated carbocycles. The molecule has 1 aliphatic rings. The van der Waals surface area contributed by atoms with Gasteiger partial charge in [0.2, 0.25) is 0 Å². The minimum absolute atomic E-state index is 0.335. The van der Waals surface area contributed by atoms with E-state index in [0.717, 1.165) is 24.1 Å². The molecule has 3 rings (SSSR count). The molecule has 1 fully saturated rings. The van der Waals surface area contributed by atoms with Gasteiger partial charge in [0.05, 0.1) is 0 Å². The van der Waals surface area contributed by atoms with Crippen LogP contribution in [0.2, 0.25) is 5.02 Å². The maximum absolute atomic E-state index is 10.8. The molecule has 0 radical (unpaired) electrons. The molecular formula is C17H22ClNO2. The van der Waals surface area contributed by atoms with Crippen LogP contribution in [0.3, 0.4) is 0 Å². The van der Waals surface area contributed by atoms with Crippen LogP contribution < -0.4 is 0 Å². The van der Waals surface area contributed by atoms with Gasteiger partial charge < -0.3 is 9.52 Å². The Hall–Kier alpha value is -1.03. The van der Waals surface area contributed by atoms with E-state index in [9.17, 15) is 5.11 Å². The van der Waals surface area contributed by atoms with E-state index in [4.69, 9.17) is 16.0 Å². The number of fused-ring (bicyclic) bond motifs is 1. The van der Waals surface area contributed by atoms with Crippen LogP contribution in [0.15, 0.2) is 28.7 Å². The van der Waals surface area contributed by atoms with Crippen molar-refractivity contribution < 1.29 is 9.52 Å². The summed E-state index contributed by atoms with van der Waals surface area (Å²) in [5.41, 5.74) is 0.431. The molecule has 114 valence electrons. The molecule has 1 aromatic heterocycles. The van der Waals surface area contributed by atoms with Gasteiger partial charge in [-0.1, -0.05) is 18.0 Å². The van der Waals surface area contributed by atoms with Gasteiger partial charge in [-0.05, 0) is 64.0 Å². The molecule has 0 bridgehead atoms. The summed E-state index contributed by atoms with van der Waals surface area (Å²) in [4.78, 5) is 2.36.